The largest absolute Gasteiger partial charge is 0.469 e. The Bertz CT molecular complexity index is 1340. The van der Waals surface area contributed by atoms with Gasteiger partial charge in [-0.15, -0.1) is 0 Å². The van der Waals surface area contributed by atoms with Crippen molar-refractivity contribution in [3.63, 3.8) is 0 Å². The number of unbranched alkanes of at least 4 members (excludes halogenated alkanes) is 1. The standard InChI is InChI=1S/C27H40BrN4O9PS/c1-19(2)17-32(43(38,39)24-13-11-22(29)12-14-24)23(18-41-42(35,36)37)6-4-5-15-30-26(33)25(31-27(34)40-3)16-20-7-9-21(28)10-8-20/h7-14,19,23,25H,4-6,15-18,29H2,1-3H3,(H,30,33)(H,31,34)(H2,35,36,37)/t23-,25-/m0/s1. The molecule has 0 spiro atoms. The number of halogens is 1. The van der Waals surface area contributed by atoms with E-state index < -0.39 is 48.5 Å². The van der Waals surface area contributed by atoms with Crippen LogP contribution >= 0.6 is 23.8 Å². The topological polar surface area (TPSA) is 198 Å². The summed E-state index contributed by atoms with van der Waals surface area (Å²) in [5.74, 6) is -0.535. The van der Waals surface area contributed by atoms with Crippen molar-refractivity contribution in [2.24, 2.45) is 5.92 Å². The van der Waals surface area contributed by atoms with Gasteiger partial charge in [-0.1, -0.05) is 48.3 Å². The highest BCUT2D eigenvalue weighted by Gasteiger charge is 2.33. The number of ether oxygens (including phenoxy) is 1. The van der Waals surface area contributed by atoms with E-state index in [1.54, 1.807) is 0 Å². The van der Waals surface area contributed by atoms with E-state index in [-0.39, 0.29) is 36.7 Å². The average Bonchev–Trinajstić information content (AvgIpc) is 2.93. The number of nitrogens with zero attached hydrogens (tertiary/aromatic N) is 1. The number of rotatable bonds is 17. The fraction of sp³-hybridized carbons (Fsp3) is 0.481. The molecule has 0 aliphatic heterocycles. The predicted octanol–water partition coefficient (Wildman–Crippen LogP) is 3.41. The van der Waals surface area contributed by atoms with Gasteiger partial charge in [-0.3, -0.25) is 9.32 Å². The Labute approximate surface area is 260 Å². The molecule has 0 unspecified atom stereocenters. The van der Waals surface area contributed by atoms with Gasteiger partial charge in [0, 0.05) is 35.7 Å². The second-order valence-electron chi connectivity index (χ2n) is 10.3. The SMILES string of the molecule is COC(=O)N[C@@H](Cc1ccc(Br)cc1)C(=O)NCCCC[C@@H](COP(=O)(O)O)N(CC(C)C)S(=O)(=O)c1ccc(N)cc1. The number of anilines is 1. The van der Waals surface area contributed by atoms with E-state index >= 15 is 0 Å². The molecule has 0 radical (unpaired) electrons. The van der Waals surface area contributed by atoms with Crippen molar-refractivity contribution in [1.82, 2.24) is 14.9 Å². The van der Waals surface area contributed by atoms with Gasteiger partial charge in [0.1, 0.15) is 6.04 Å². The summed E-state index contributed by atoms with van der Waals surface area (Å²) in [6.07, 6.45) is 0.475. The first kappa shape index (κ1) is 36.7. The van der Waals surface area contributed by atoms with E-state index in [1.165, 1.54) is 35.7 Å². The zero-order valence-electron chi connectivity index (χ0n) is 24.3. The first-order valence-corrected chi connectivity index (χ1v) is 17.3. The zero-order valence-corrected chi connectivity index (χ0v) is 27.6. The smallest absolute Gasteiger partial charge is 0.453 e. The summed E-state index contributed by atoms with van der Waals surface area (Å²) < 4.78 is 50.2. The average molecular weight is 708 g/mol. The maximum atomic E-state index is 13.6. The van der Waals surface area contributed by atoms with Crippen molar-refractivity contribution in [2.45, 2.75) is 56.5 Å². The van der Waals surface area contributed by atoms with Crippen LogP contribution in [0.15, 0.2) is 57.9 Å². The molecule has 0 aliphatic rings. The number of phosphoric ester groups is 1. The van der Waals surface area contributed by atoms with Gasteiger partial charge in [0.25, 0.3) is 0 Å². The second-order valence-corrected chi connectivity index (χ2v) is 14.3. The number of nitrogen functional groups attached to an aromatic ring is 1. The summed E-state index contributed by atoms with van der Waals surface area (Å²) in [5.41, 5.74) is 6.92. The number of amides is 2. The summed E-state index contributed by atoms with van der Waals surface area (Å²) in [5, 5.41) is 5.31. The molecule has 6 N–H and O–H groups in total. The lowest BCUT2D eigenvalue weighted by Gasteiger charge is -2.32. The fourth-order valence-electron chi connectivity index (χ4n) is 4.18. The number of nitrogens with two attached hydrogens (primary N) is 1. The molecule has 0 fully saturated rings. The number of nitrogens with one attached hydrogen (secondary N) is 2. The first-order valence-electron chi connectivity index (χ1n) is 13.6. The van der Waals surface area contributed by atoms with Gasteiger partial charge in [0.2, 0.25) is 15.9 Å². The summed E-state index contributed by atoms with van der Waals surface area (Å²) in [4.78, 5) is 43.4. The molecule has 2 atom stereocenters. The van der Waals surface area contributed by atoms with Crippen LogP contribution < -0.4 is 16.4 Å². The van der Waals surface area contributed by atoms with Crippen LogP contribution in [-0.4, -0.2) is 73.4 Å². The van der Waals surface area contributed by atoms with E-state index in [4.69, 9.17) is 10.3 Å². The molecule has 43 heavy (non-hydrogen) atoms. The normalized spacial score (nSPS) is 13.5. The Kier molecular flexibility index (Phi) is 14.6. The van der Waals surface area contributed by atoms with E-state index in [9.17, 15) is 32.4 Å². The van der Waals surface area contributed by atoms with Crippen LogP contribution in [0, 0.1) is 5.92 Å². The van der Waals surface area contributed by atoms with E-state index in [0.717, 1.165) is 10.0 Å². The van der Waals surface area contributed by atoms with Gasteiger partial charge in [0.15, 0.2) is 0 Å². The molecule has 16 heteroatoms. The van der Waals surface area contributed by atoms with Crippen LogP contribution in [0.5, 0.6) is 0 Å². The van der Waals surface area contributed by atoms with Gasteiger partial charge in [0.05, 0.1) is 18.6 Å². The van der Waals surface area contributed by atoms with E-state index in [2.05, 4.69) is 31.3 Å². The molecule has 2 aromatic rings. The number of hydrogen-bond donors (Lipinski definition) is 5. The second kappa shape index (κ2) is 17.1. The van der Waals surface area contributed by atoms with Crippen LogP contribution in [0.25, 0.3) is 0 Å². The van der Waals surface area contributed by atoms with Crippen LogP contribution in [-0.2, 0) is 35.1 Å². The number of alkyl carbamates (subject to hydrolysis) is 1. The monoisotopic (exact) mass is 706 g/mol. The highest BCUT2D eigenvalue weighted by Crippen LogP contribution is 2.37. The molecule has 0 aliphatic carbocycles. The summed E-state index contributed by atoms with van der Waals surface area (Å²) >= 11 is 3.36. The first-order chi connectivity index (χ1) is 20.1. The number of benzene rings is 2. The molecule has 0 bridgehead atoms. The summed E-state index contributed by atoms with van der Waals surface area (Å²) in [6.45, 7) is 3.41. The van der Waals surface area contributed by atoms with Gasteiger partial charge in [-0.2, -0.15) is 4.31 Å². The molecule has 0 saturated heterocycles. The lowest BCUT2D eigenvalue weighted by molar-refractivity contribution is -0.123. The van der Waals surface area contributed by atoms with Crippen molar-refractivity contribution in [3.05, 3.63) is 58.6 Å². The molecular formula is C27H40BrN4O9PS. The summed E-state index contributed by atoms with van der Waals surface area (Å²) in [7, 11) is -7.75. The number of hydrogen-bond acceptors (Lipinski definition) is 8. The minimum atomic E-state index is -4.88. The molecule has 13 nitrogen and oxygen atoms in total. The van der Waals surface area contributed by atoms with Crippen LogP contribution in [0.1, 0.15) is 38.7 Å². The fourth-order valence-corrected chi connectivity index (χ4v) is 6.61. The van der Waals surface area contributed by atoms with E-state index in [1.807, 2.05) is 38.1 Å². The third-order valence-corrected chi connectivity index (χ3v) is 9.23. The molecule has 2 rings (SSSR count). The Balaban J connectivity index is 2.11. The van der Waals surface area contributed by atoms with Gasteiger partial charge < -0.3 is 30.9 Å². The zero-order chi connectivity index (χ0) is 32.2. The van der Waals surface area contributed by atoms with Crippen molar-refractivity contribution in [3.8, 4) is 0 Å². The van der Waals surface area contributed by atoms with Crippen molar-refractivity contribution in [2.75, 3.05) is 32.5 Å². The molecule has 2 aromatic carbocycles. The number of phosphoric acid groups is 1. The maximum absolute atomic E-state index is 13.6. The number of sulfonamides is 1. The van der Waals surface area contributed by atoms with Gasteiger partial charge >= 0.3 is 13.9 Å². The molecule has 0 heterocycles. The number of methoxy groups -OCH3 is 1. The Morgan fingerprint density at radius 3 is 2.26 bits per heavy atom. The Morgan fingerprint density at radius 1 is 1.07 bits per heavy atom. The molecule has 0 aromatic heterocycles. The minimum absolute atomic E-state index is 0.00860. The maximum Gasteiger partial charge on any atom is 0.469 e. The third kappa shape index (κ3) is 12.9. The summed E-state index contributed by atoms with van der Waals surface area (Å²) in [6, 6.07) is 11.2. The Hall–Kier alpha value is -2.52. The van der Waals surface area contributed by atoms with Crippen molar-refractivity contribution < 1.29 is 41.6 Å². The molecule has 0 saturated carbocycles. The van der Waals surface area contributed by atoms with Crippen LogP contribution in [0.2, 0.25) is 0 Å². The lowest BCUT2D eigenvalue weighted by Crippen LogP contribution is -2.48. The number of carbonyl (C=O) groups excluding carboxylic acids is 2. The van der Waals surface area contributed by atoms with Crippen LogP contribution in [0.4, 0.5) is 10.5 Å². The van der Waals surface area contributed by atoms with Crippen molar-refractivity contribution in [1.29, 1.82) is 0 Å². The lowest BCUT2D eigenvalue weighted by atomic mass is 10.1. The van der Waals surface area contributed by atoms with Gasteiger partial charge in [-0.05, 0) is 60.7 Å². The quantitative estimate of drug-likeness (QED) is 0.0923. The highest BCUT2D eigenvalue weighted by molar-refractivity contribution is 9.10. The van der Waals surface area contributed by atoms with Gasteiger partial charge in [-0.25, -0.2) is 17.8 Å². The number of carbonyl (C=O) groups is 2. The minimum Gasteiger partial charge on any atom is -0.453 e. The highest BCUT2D eigenvalue weighted by atomic mass is 79.9. The van der Waals surface area contributed by atoms with E-state index in [0.29, 0.717) is 18.5 Å². The predicted molar refractivity (Wildman–Crippen MR) is 165 cm³/mol. The van der Waals surface area contributed by atoms with Crippen LogP contribution in [0.3, 0.4) is 0 Å². The Morgan fingerprint density at radius 2 is 1.70 bits per heavy atom. The molecule has 240 valence electrons. The molecule has 2 amide bonds. The third-order valence-electron chi connectivity index (χ3n) is 6.28. The molecular weight excluding hydrogens is 667 g/mol. The van der Waals surface area contributed by atoms with Crippen molar-refractivity contribution >= 4 is 51.5 Å².